The normalized spacial score (nSPS) is 36.8. The first-order chi connectivity index (χ1) is 5.90. The van der Waals surface area contributed by atoms with E-state index in [0.717, 1.165) is 32.6 Å². The largest absolute Gasteiger partial charge is 0.396 e. The van der Waals surface area contributed by atoms with Crippen molar-refractivity contribution >= 4 is 0 Å². The summed E-state index contributed by atoms with van der Waals surface area (Å²) in [4.78, 5) is 5.60. The number of hydrogen-bond donors (Lipinski definition) is 1. The van der Waals surface area contributed by atoms with Crippen molar-refractivity contribution < 1.29 is 14.7 Å². The van der Waals surface area contributed by atoms with Gasteiger partial charge in [0.25, 0.3) is 0 Å². The molecule has 0 spiro atoms. The summed E-state index contributed by atoms with van der Waals surface area (Å²) in [6.07, 6.45) is 1.95. The van der Waals surface area contributed by atoms with Crippen molar-refractivity contribution in [2.45, 2.75) is 25.0 Å². The van der Waals surface area contributed by atoms with E-state index < -0.39 is 0 Å². The van der Waals surface area contributed by atoms with E-state index in [-0.39, 0.29) is 12.7 Å². The van der Waals surface area contributed by atoms with E-state index in [0.29, 0.717) is 6.04 Å². The zero-order chi connectivity index (χ0) is 8.39. The highest BCUT2D eigenvalue weighted by atomic mass is 16.7. The topological polar surface area (TPSA) is 41.9 Å². The first-order valence-corrected chi connectivity index (χ1v) is 4.52. The van der Waals surface area contributed by atoms with E-state index in [1.807, 2.05) is 5.06 Å². The number of morpholine rings is 1. The smallest absolute Gasteiger partial charge is 0.0831 e. The Morgan fingerprint density at radius 1 is 1.50 bits per heavy atom. The first-order valence-electron chi connectivity index (χ1n) is 4.52. The molecule has 2 rings (SSSR count). The van der Waals surface area contributed by atoms with E-state index in [1.54, 1.807) is 0 Å². The Kier molecular flexibility index (Phi) is 2.60. The summed E-state index contributed by atoms with van der Waals surface area (Å²) < 4.78 is 5.33. The maximum atomic E-state index is 8.73. The molecule has 4 heteroatoms. The quantitative estimate of drug-likeness (QED) is 0.626. The fourth-order valence-corrected chi connectivity index (χ4v) is 1.82. The third-order valence-electron chi connectivity index (χ3n) is 2.44. The second-order valence-corrected chi connectivity index (χ2v) is 3.34. The van der Waals surface area contributed by atoms with Gasteiger partial charge in [-0.25, -0.2) is 0 Å². The summed E-state index contributed by atoms with van der Waals surface area (Å²) in [7, 11) is 0. The Balaban J connectivity index is 1.85. The summed E-state index contributed by atoms with van der Waals surface area (Å²) in [5.74, 6) is 0. The van der Waals surface area contributed by atoms with Gasteiger partial charge in [0.1, 0.15) is 0 Å². The fourth-order valence-electron chi connectivity index (χ4n) is 1.82. The highest BCUT2D eigenvalue weighted by Crippen LogP contribution is 2.24. The average Bonchev–Trinajstić information content (AvgIpc) is 2.47. The van der Waals surface area contributed by atoms with Crippen molar-refractivity contribution in [2.24, 2.45) is 0 Å². The SMILES string of the molecule is OCCC1CC2COCCN2O1. The number of aliphatic hydroxyl groups is 1. The number of hydroxylamine groups is 2. The van der Waals surface area contributed by atoms with Crippen molar-refractivity contribution in [1.29, 1.82) is 0 Å². The first kappa shape index (κ1) is 8.44. The van der Waals surface area contributed by atoms with Gasteiger partial charge in [0.2, 0.25) is 0 Å². The molecule has 2 aliphatic heterocycles. The molecule has 70 valence electrons. The number of fused-ring (bicyclic) bond motifs is 1. The Bertz CT molecular complexity index is 139. The molecule has 0 saturated carbocycles. The molecule has 0 radical (unpaired) electrons. The summed E-state index contributed by atoms with van der Waals surface area (Å²) in [6, 6.07) is 0.426. The highest BCUT2D eigenvalue weighted by Gasteiger charge is 2.34. The van der Waals surface area contributed by atoms with Crippen molar-refractivity contribution in [2.75, 3.05) is 26.4 Å². The van der Waals surface area contributed by atoms with Gasteiger partial charge in [0.05, 0.1) is 25.4 Å². The van der Waals surface area contributed by atoms with Gasteiger partial charge >= 0.3 is 0 Å². The second kappa shape index (κ2) is 3.70. The fraction of sp³-hybridized carbons (Fsp3) is 1.00. The minimum Gasteiger partial charge on any atom is -0.396 e. The number of nitrogens with zero attached hydrogens (tertiary/aromatic N) is 1. The van der Waals surface area contributed by atoms with Crippen LogP contribution in [-0.4, -0.2) is 48.7 Å². The number of aliphatic hydroxyl groups excluding tert-OH is 1. The van der Waals surface area contributed by atoms with Gasteiger partial charge in [-0.05, 0) is 12.8 Å². The van der Waals surface area contributed by atoms with Crippen LogP contribution < -0.4 is 0 Å². The lowest BCUT2D eigenvalue weighted by Gasteiger charge is -2.27. The molecule has 2 fully saturated rings. The van der Waals surface area contributed by atoms with Gasteiger partial charge in [-0.15, -0.1) is 0 Å². The third kappa shape index (κ3) is 1.61. The average molecular weight is 173 g/mol. The Morgan fingerprint density at radius 3 is 3.17 bits per heavy atom. The molecule has 2 aliphatic rings. The molecule has 1 N–H and O–H groups in total. The Morgan fingerprint density at radius 2 is 2.42 bits per heavy atom. The van der Waals surface area contributed by atoms with Crippen LogP contribution in [0.1, 0.15) is 12.8 Å². The van der Waals surface area contributed by atoms with Gasteiger partial charge in [-0.2, -0.15) is 5.06 Å². The van der Waals surface area contributed by atoms with Gasteiger partial charge < -0.3 is 9.84 Å². The van der Waals surface area contributed by atoms with Crippen molar-refractivity contribution in [1.82, 2.24) is 5.06 Å². The summed E-state index contributed by atoms with van der Waals surface area (Å²) in [5.41, 5.74) is 0. The summed E-state index contributed by atoms with van der Waals surface area (Å²) in [5, 5.41) is 10.7. The summed E-state index contributed by atoms with van der Waals surface area (Å²) >= 11 is 0. The molecule has 12 heavy (non-hydrogen) atoms. The molecule has 2 atom stereocenters. The van der Waals surface area contributed by atoms with Crippen LogP contribution in [0.15, 0.2) is 0 Å². The lowest BCUT2D eigenvalue weighted by molar-refractivity contribution is -0.197. The van der Waals surface area contributed by atoms with Crippen molar-refractivity contribution in [3.05, 3.63) is 0 Å². The highest BCUT2D eigenvalue weighted by molar-refractivity contribution is 4.79. The number of hydrogen-bond acceptors (Lipinski definition) is 4. The monoisotopic (exact) mass is 173 g/mol. The molecular weight excluding hydrogens is 158 g/mol. The third-order valence-corrected chi connectivity index (χ3v) is 2.44. The molecule has 0 aliphatic carbocycles. The van der Waals surface area contributed by atoms with Gasteiger partial charge in [-0.3, -0.25) is 4.84 Å². The van der Waals surface area contributed by atoms with Crippen molar-refractivity contribution in [3.63, 3.8) is 0 Å². The number of ether oxygens (including phenoxy) is 1. The zero-order valence-corrected chi connectivity index (χ0v) is 7.11. The van der Waals surface area contributed by atoms with Crippen LogP contribution in [0.5, 0.6) is 0 Å². The van der Waals surface area contributed by atoms with E-state index in [2.05, 4.69) is 0 Å². The van der Waals surface area contributed by atoms with Gasteiger partial charge in [0, 0.05) is 13.2 Å². The van der Waals surface area contributed by atoms with Crippen LogP contribution in [0.4, 0.5) is 0 Å². The van der Waals surface area contributed by atoms with Crippen LogP contribution >= 0.6 is 0 Å². The Hall–Kier alpha value is -0.160. The standard InChI is InChI=1S/C8H15NO3/c10-3-1-8-5-7-6-11-4-2-9(7)12-8/h7-8,10H,1-6H2. The molecule has 0 aromatic heterocycles. The molecule has 0 amide bonds. The van der Waals surface area contributed by atoms with Crippen LogP contribution in [0, 0.1) is 0 Å². The summed E-state index contributed by atoms with van der Waals surface area (Å²) in [6.45, 7) is 2.63. The van der Waals surface area contributed by atoms with E-state index in [4.69, 9.17) is 14.7 Å². The lowest BCUT2D eigenvalue weighted by atomic mass is 10.1. The van der Waals surface area contributed by atoms with Gasteiger partial charge in [-0.1, -0.05) is 0 Å². The maximum Gasteiger partial charge on any atom is 0.0831 e. The van der Waals surface area contributed by atoms with E-state index in [1.165, 1.54) is 0 Å². The second-order valence-electron chi connectivity index (χ2n) is 3.34. The van der Waals surface area contributed by atoms with Crippen LogP contribution in [0.25, 0.3) is 0 Å². The molecule has 0 aromatic rings. The zero-order valence-electron chi connectivity index (χ0n) is 7.11. The molecular formula is C8H15NO3. The predicted octanol–water partition coefficient (Wildman–Crippen LogP) is -0.227. The molecule has 4 nitrogen and oxygen atoms in total. The molecule has 2 heterocycles. The lowest BCUT2D eigenvalue weighted by Crippen LogP contribution is -2.39. The van der Waals surface area contributed by atoms with Crippen LogP contribution in [0.2, 0.25) is 0 Å². The van der Waals surface area contributed by atoms with Crippen LogP contribution in [-0.2, 0) is 9.57 Å². The number of rotatable bonds is 2. The van der Waals surface area contributed by atoms with Crippen molar-refractivity contribution in [3.8, 4) is 0 Å². The van der Waals surface area contributed by atoms with Gasteiger partial charge in [0.15, 0.2) is 0 Å². The Labute approximate surface area is 72.0 Å². The van der Waals surface area contributed by atoms with Crippen LogP contribution in [0.3, 0.4) is 0 Å². The molecule has 2 unspecified atom stereocenters. The molecule has 2 saturated heterocycles. The van der Waals surface area contributed by atoms with E-state index in [9.17, 15) is 0 Å². The van der Waals surface area contributed by atoms with E-state index >= 15 is 0 Å². The molecule has 0 bridgehead atoms. The minimum atomic E-state index is 0.210. The predicted molar refractivity (Wildman–Crippen MR) is 42.5 cm³/mol. The maximum absolute atomic E-state index is 8.73. The molecule has 0 aromatic carbocycles. The minimum absolute atomic E-state index is 0.210.